The quantitative estimate of drug-likeness (QED) is 0.648. The van der Waals surface area contributed by atoms with Crippen LogP contribution in [0.15, 0.2) is 18.3 Å². The summed E-state index contributed by atoms with van der Waals surface area (Å²) in [6, 6.07) is 4.89. The molecule has 1 aromatic rings. The number of rotatable bonds is 10. The highest BCUT2D eigenvalue weighted by Crippen LogP contribution is 2.27. The van der Waals surface area contributed by atoms with Gasteiger partial charge >= 0.3 is 0 Å². The molecule has 0 aliphatic carbocycles. The standard InChI is InChI=1S/C18H32N2/c1-5-8-9-16(7-3)14-18(20-11-6-2)17-10-12-19-15(4)13-17/h10,12-13,16,18,20H,5-9,11,14H2,1-4H3. The molecule has 114 valence electrons. The molecule has 0 aromatic carbocycles. The van der Waals surface area contributed by atoms with Crippen LogP contribution in [0.2, 0.25) is 0 Å². The summed E-state index contributed by atoms with van der Waals surface area (Å²) < 4.78 is 0. The van der Waals surface area contributed by atoms with E-state index >= 15 is 0 Å². The lowest BCUT2D eigenvalue weighted by Crippen LogP contribution is -2.24. The molecule has 0 fully saturated rings. The molecule has 1 heterocycles. The van der Waals surface area contributed by atoms with Gasteiger partial charge in [0.15, 0.2) is 0 Å². The second-order valence-electron chi connectivity index (χ2n) is 5.89. The molecular weight excluding hydrogens is 244 g/mol. The fraction of sp³-hybridized carbons (Fsp3) is 0.722. The highest BCUT2D eigenvalue weighted by molar-refractivity contribution is 5.19. The number of hydrogen-bond donors (Lipinski definition) is 1. The molecule has 2 nitrogen and oxygen atoms in total. The third-order valence-electron chi connectivity index (χ3n) is 4.08. The molecule has 2 heteroatoms. The molecule has 0 saturated heterocycles. The van der Waals surface area contributed by atoms with Crippen molar-refractivity contribution in [1.82, 2.24) is 10.3 Å². The zero-order chi connectivity index (χ0) is 14.8. The number of nitrogens with one attached hydrogen (secondary N) is 1. The van der Waals surface area contributed by atoms with Gasteiger partial charge in [-0.15, -0.1) is 0 Å². The van der Waals surface area contributed by atoms with E-state index in [1.807, 2.05) is 6.20 Å². The first-order chi connectivity index (χ1) is 9.71. The molecule has 0 aliphatic rings. The van der Waals surface area contributed by atoms with Crippen molar-refractivity contribution in [3.8, 4) is 0 Å². The van der Waals surface area contributed by atoms with E-state index in [4.69, 9.17) is 0 Å². The van der Waals surface area contributed by atoms with Crippen LogP contribution in [0.1, 0.15) is 76.6 Å². The van der Waals surface area contributed by atoms with E-state index < -0.39 is 0 Å². The maximum Gasteiger partial charge on any atom is 0.0375 e. The lowest BCUT2D eigenvalue weighted by Gasteiger charge is -2.24. The molecule has 20 heavy (non-hydrogen) atoms. The molecule has 1 N–H and O–H groups in total. The monoisotopic (exact) mass is 276 g/mol. The van der Waals surface area contributed by atoms with Crippen molar-refractivity contribution >= 4 is 0 Å². The molecule has 0 amide bonds. The summed E-state index contributed by atoms with van der Waals surface area (Å²) in [6.07, 6.45) is 9.69. The normalized spacial score (nSPS) is 14.2. The van der Waals surface area contributed by atoms with E-state index in [1.165, 1.54) is 44.1 Å². The van der Waals surface area contributed by atoms with Gasteiger partial charge in [-0.2, -0.15) is 0 Å². The van der Waals surface area contributed by atoms with Gasteiger partial charge in [-0.05, 0) is 49.9 Å². The van der Waals surface area contributed by atoms with Gasteiger partial charge in [0.1, 0.15) is 0 Å². The second kappa shape index (κ2) is 9.93. The number of unbranched alkanes of at least 4 members (excludes halogenated alkanes) is 1. The smallest absolute Gasteiger partial charge is 0.0375 e. The lowest BCUT2D eigenvalue weighted by molar-refractivity contribution is 0.353. The Bertz CT molecular complexity index is 362. The Morgan fingerprint density at radius 3 is 2.60 bits per heavy atom. The van der Waals surface area contributed by atoms with Gasteiger partial charge in [-0.3, -0.25) is 4.98 Å². The number of pyridine rings is 1. The van der Waals surface area contributed by atoms with Gasteiger partial charge < -0.3 is 5.32 Å². The highest BCUT2D eigenvalue weighted by Gasteiger charge is 2.16. The summed E-state index contributed by atoms with van der Waals surface area (Å²) >= 11 is 0. The van der Waals surface area contributed by atoms with Crippen molar-refractivity contribution in [1.29, 1.82) is 0 Å². The first-order valence-corrected chi connectivity index (χ1v) is 8.37. The minimum absolute atomic E-state index is 0.485. The van der Waals surface area contributed by atoms with Gasteiger partial charge in [0.05, 0.1) is 0 Å². The summed E-state index contributed by atoms with van der Waals surface area (Å²) in [5, 5.41) is 3.73. The van der Waals surface area contributed by atoms with Crippen LogP contribution in [0.5, 0.6) is 0 Å². The first kappa shape index (κ1) is 17.2. The van der Waals surface area contributed by atoms with E-state index in [2.05, 4.69) is 50.1 Å². The third-order valence-corrected chi connectivity index (χ3v) is 4.08. The largest absolute Gasteiger partial charge is 0.310 e. The number of hydrogen-bond acceptors (Lipinski definition) is 2. The Kier molecular flexibility index (Phi) is 8.52. The summed E-state index contributed by atoms with van der Waals surface area (Å²) in [7, 11) is 0. The molecule has 0 bridgehead atoms. The maximum atomic E-state index is 4.32. The van der Waals surface area contributed by atoms with Crippen LogP contribution >= 0.6 is 0 Å². The van der Waals surface area contributed by atoms with Crippen LogP contribution in [-0.4, -0.2) is 11.5 Å². The Morgan fingerprint density at radius 1 is 1.20 bits per heavy atom. The highest BCUT2D eigenvalue weighted by atomic mass is 14.9. The predicted molar refractivity (Wildman–Crippen MR) is 87.9 cm³/mol. The molecule has 2 atom stereocenters. The molecule has 0 aliphatic heterocycles. The van der Waals surface area contributed by atoms with Crippen molar-refractivity contribution in [3.63, 3.8) is 0 Å². The van der Waals surface area contributed by atoms with Crippen molar-refractivity contribution < 1.29 is 0 Å². The SMILES string of the molecule is CCCCC(CC)CC(NCCC)c1ccnc(C)c1. The molecule has 0 spiro atoms. The zero-order valence-electron chi connectivity index (χ0n) is 13.8. The zero-order valence-corrected chi connectivity index (χ0v) is 13.8. The molecule has 1 rings (SSSR count). The molecule has 0 radical (unpaired) electrons. The van der Waals surface area contributed by atoms with Crippen molar-refractivity contribution in [3.05, 3.63) is 29.6 Å². The average molecular weight is 276 g/mol. The van der Waals surface area contributed by atoms with Crippen LogP contribution in [0.3, 0.4) is 0 Å². The maximum absolute atomic E-state index is 4.32. The van der Waals surface area contributed by atoms with E-state index in [-0.39, 0.29) is 0 Å². The minimum atomic E-state index is 0.485. The van der Waals surface area contributed by atoms with Crippen molar-refractivity contribution in [2.45, 2.75) is 72.3 Å². The van der Waals surface area contributed by atoms with Crippen LogP contribution in [0.4, 0.5) is 0 Å². The van der Waals surface area contributed by atoms with Crippen LogP contribution < -0.4 is 5.32 Å². The van der Waals surface area contributed by atoms with E-state index in [1.54, 1.807) is 0 Å². The summed E-state index contributed by atoms with van der Waals surface area (Å²) in [5.74, 6) is 0.831. The van der Waals surface area contributed by atoms with Crippen molar-refractivity contribution in [2.75, 3.05) is 6.54 Å². The summed E-state index contributed by atoms with van der Waals surface area (Å²) in [5.41, 5.74) is 2.52. The molecule has 0 saturated carbocycles. The van der Waals surface area contributed by atoms with Crippen LogP contribution in [0, 0.1) is 12.8 Å². The van der Waals surface area contributed by atoms with Crippen molar-refractivity contribution in [2.24, 2.45) is 5.92 Å². The van der Waals surface area contributed by atoms with E-state index in [0.29, 0.717) is 6.04 Å². The van der Waals surface area contributed by atoms with Crippen LogP contribution in [-0.2, 0) is 0 Å². The fourth-order valence-electron chi connectivity index (χ4n) is 2.75. The molecule has 2 unspecified atom stereocenters. The molecule has 1 aromatic heterocycles. The third kappa shape index (κ3) is 6.04. The van der Waals surface area contributed by atoms with Gasteiger partial charge in [0, 0.05) is 17.9 Å². The average Bonchev–Trinajstić information content (AvgIpc) is 2.46. The summed E-state index contributed by atoms with van der Waals surface area (Å²) in [4.78, 5) is 4.32. The van der Waals surface area contributed by atoms with E-state index in [9.17, 15) is 0 Å². The summed E-state index contributed by atoms with van der Waals surface area (Å²) in [6.45, 7) is 10.0. The van der Waals surface area contributed by atoms with Gasteiger partial charge in [-0.1, -0.05) is 46.5 Å². The number of aromatic nitrogens is 1. The first-order valence-electron chi connectivity index (χ1n) is 8.37. The Hall–Kier alpha value is -0.890. The van der Waals surface area contributed by atoms with Gasteiger partial charge in [-0.25, -0.2) is 0 Å². The fourth-order valence-corrected chi connectivity index (χ4v) is 2.75. The predicted octanol–water partition coefficient (Wildman–Crippen LogP) is 5.04. The Balaban J connectivity index is 2.72. The van der Waals surface area contributed by atoms with Gasteiger partial charge in [0.2, 0.25) is 0 Å². The number of aryl methyl sites for hydroxylation is 1. The van der Waals surface area contributed by atoms with Crippen LogP contribution in [0.25, 0.3) is 0 Å². The topological polar surface area (TPSA) is 24.9 Å². The minimum Gasteiger partial charge on any atom is -0.310 e. The van der Waals surface area contributed by atoms with Gasteiger partial charge in [0.25, 0.3) is 0 Å². The Labute approximate surface area is 125 Å². The second-order valence-corrected chi connectivity index (χ2v) is 5.89. The lowest BCUT2D eigenvalue weighted by atomic mass is 9.89. The Morgan fingerprint density at radius 2 is 2.00 bits per heavy atom. The molecular formula is C18H32N2. The number of nitrogens with zero attached hydrogens (tertiary/aromatic N) is 1. The van der Waals surface area contributed by atoms with E-state index in [0.717, 1.165) is 18.2 Å².